The van der Waals surface area contributed by atoms with Crippen LogP contribution in [0.15, 0.2) is 0 Å². The van der Waals surface area contributed by atoms with Gasteiger partial charge >= 0.3 is 5.97 Å². The summed E-state index contributed by atoms with van der Waals surface area (Å²) in [6, 6.07) is 0. The average Bonchev–Trinajstić information content (AvgIpc) is 2.23. The summed E-state index contributed by atoms with van der Waals surface area (Å²) in [5.74, 6) is 1.04. The third-order valence-corrected chi connectivity index (χ3v) is 3.67. The minimum absolute atomic E-state index is 0.0378. The van der Waals surface area contributed by atoms with E-state index >= 15 is 0 Å². The molecule has 1 heterocycles. The molecule has 0 atom stereocenters. The number of nitrogens with one attached hydrogen (secondary N) is 1. The Bertz CT molecular complexity index is 208. The van der Waals surface area contributed by atoms with Crippen LogP contribution in [0, 0.1) is 11.8 Å². The molecule has 1 aliphatic carbocycles. The van der Waals surface area contributed by atoms with Gasteiger partial charge in [-0.25, -0.2) is 0 Å². The number of hydrogen-bond donors (Lipinski definition) is 1. The van der Waals surface area contributed by atoms with Crippen molar-refractivity contribution < 1.29 is 9.53 Å². The van der Waals surface area contributed by atoms with Gasteiger partial charge in [0.05, 0.1) is 12.5 Å². The summed E-state index contributed by atoms with van der Waals surface area (Å²) in [4.78, 5) is 11.6. The number of carbonyl (C=O) groups is 1. The summed E-state index contributed by atoms with van der Waals surface area (Å²) in [7, 11) is 0. The molecule has 0 radical (unpaired) electrons. The zero-order chi connectivity index (χ0) is 10.5. The Hall–Kier alpha value is -0.570. The number of rotatable bonds is 4. The van der Waals surface area contributed by atoms with Crippen LogP contribution >= 0.6 is 0 Å². The second-order valence-corrected chi connectivity index (χ2v) is 4.78. The first kappa shape index (κ1) is 10.9. The Morgan fingerprint density at radius 3 is 2.53 bits per heavy atom. The quantitative estimate of drug-likeness (QED) is 0.720. The molecule has 0 unspecified atom stereocenters. The van der Waals surface area contributed by atoms with Gasteiger partial charge < -0.3 is 10.1 Å². The topological polar surface area (TPSA) is 38.3 Å². The second kappa shape index (κ2) is 5.50. The van der Waals surface area contributed by atoms with Gasteiger partial charge in [-0.15, -0.1) is 0 Å². The third-order valence-electron chi connectivity index (χ3n) is 3.67. The SMILES string of the molecule is O=C(OCCC1CCC1)C1CCNCC1. The molecule has 1 saturated heterocycles. The molecule has 1 saturated carbocycles. The molecule has 2 aliphatic rings. The van der Waals surface area contributed by atoms with Gasteiger partial charge in [0.15, 0.2) is 0 Å². The van der Waals surface area contributed by atoms with Gasteiger partial charge in [-0.2, -0.15) is 0 Å². The molecule has 2 fully saturated rings. The molecule has 3 heteroatoms. The third kappa shape index (κ3) is 3.20. The van der Waals surface area contributed by atoms with E-state index in [-0.39, 0.29) is 11.9 Å². The summed E-state index contributed by atoms with van der Waals surface area (Å²) >= 11 is 0. The molecular formula is C12H21NO2. The summed E-state index contributed by atoms with van der Waals surface area (Å²) in [6.45, 7) is 2.57. The molecule has 2 rings (SSSR count). The van der Waals surface area contributed by atoms with E-state index in [1.165, 1.54) is 19.3 Å². The first-order valence-corrected chi connectivity index (χ1v) is 6.23. The van der Waals surface area contributed by atoms with Crippen molar-refractivity contribution in [3.8, 4) is 0 Å². The molecule has 15 heavy (non-hydrogen) atoms. The lowest BCUT2D eigenvalue weighted by atomic mass is 9.83. The summed E-state index contributed by atoms with van der Waals surface area (Å²) in [5, 5.41) is 3.25. The molecule has 0 aromatic heterocycles. The molecule has 0 aromatic rings. The maximum atomic E-state index is 11.6. The molecule has 1 N–H and O–H groups in total. The van der Waals surface area contributed by atoms with Crippen LogP contribution in [0.1, 0.15) is 38.5 Å². The van der Waals surface area contributed by atoms with Crippen LogP contribution in [0.4, 0.5) is 0 Å². The van der Waals surface area contributed by atoms with Crippen LogP contribution in [0.2, 0.25) is 0 Å². The van der Waals surface area contributed by atoms with Gasteiger partial charge in [-0.1, -0.05) is 19.3 Å². The molecule has 0 amide bonds. The zero-order valence-corrected chi connectivity index (χ0v) is 9.34. The Kier molecular flexibility index (Phi) is 4.01. The maximum Gasteiger partial charge on any atom is 0.309 e. The summed E-state index contributed by atoms with van der Waals surface area (Å²) in [6.07, 6.45) is 7.02. The van der Waals surface area contributed by atoms with E-state index < -0.39 is 0 Å². The van der Waals surface area contributed by atoms with E-state index in [0.29, 0.717) is 6.61 Å². The van der Waals surface area contributed by atoms with E-state index in [1.807, 2.05) is 0 Å². The smallest absolute Gasteiger partial charge is 0.309 e. The van der Waals surface area contributed by atoms with Gasteiger partial charge in [0.2, 0.25) is 0 Å². The minimum atomic E-state index is 0.0378. The predicted molar refractivity (Wildman–Crippen MR) is 58.5 cm³/mol. The molecule has 0 aromatic carbocycles. The highest BCUT2D eigenvalue weighted by Crippen LogP contribution is 2.29. The van der Waals surface area contributed by atoms with Crippen LogP contribution in [0.3, 0.4) is 0 Å². The number of piperidine rings is 1. The Morgan fingerprint density at radius 2 is 1.93 bits per heavy atom. The monoisotopic (exact) mass is 211 g/mol. The van der Waals surface area contributed by atoms with Crippen LogP contribution in [-0.4, -0.2) is 25.7 Å². The molecule has 0 bridgehead atoms. The van der Waals surface area contributed by atoms with E-state index in [9.17, 15) is 4.79 Å². The van der Waals surface area contributed by atoms with Gasteiger partial charge in [-0.05, 0) is 38.3 Å². The highest BCUT2D eigenvalue weighted by molar-refractivity contribution is 5.72. The van der Waals surface area contributed by atoms with E-state index in [0.717, 1.165) is 38.3 Å². The molecule has 0 spiro atoms. The van der Waals surface area contributed by atoms with Crippen molar-refractivity contribution in [2.45, 2.75) is 38.5 Å². The second-order valence-electron chi connectivity index (χ2n) is 4.78. The predicted octanol–water partition coefficient (Wildman–Crippen LogP) is 1.72. The van der Waals surface area contributed by atoms with Crippen molar-refractivity contribution >= 4 is 5.97 Å². The van der Waals surface area contributed by atoms with E-state index in [2.05, 4.69) is 5.32 Å². The normalized spacial score (nSPS) is 23.5. The Balaban J connectivity index is 1.58. The van der Waals surface area contributed by atoms with Crippen molar-refractivity contribution in [2.24, 2.45) is 11.8 Å². The van der Waals surface area contributed by atoms with Crippen molar-refractivity contribution in [3.05, 3.63) is 0 Å². The minimum Gasteiger partial charge on any atom is -0.465 e. The lowest BCUT2D eigenvalue weighted by Crippen LogP contribution is -2.33. The van der Waals surface area contributed by atoms with Crippen LogP contribution in [-0.2, 0) is 9.53 Å². The standard InChI is InChI=1S/C12H21NO2/c14-12(11-4-7-13-8-5-11)15-9-6-10-2-1-3-10/h10-11,13H,1-9H2. The zero-order valence-electron chi connectivity index (χ0n) is 9.34. The Labute approximate surface area is 91.6 Å². The lowest BCUT2D eigenvalue weighted by Gasteiger charge is -2.26. The Morgan fingerprint density at radius 1 is 1.20 bits per heavy atom. The fourth-order valence-corrected chi connectivity index (χ4v) is 2.28. The average molecular weight is 211 g/mol. The fraction of sp³-hybridized carbons (Fsp3) is 0.917. The number of esters is 1. The van der Waals surface area contributed by atoms with Crippen molar-refractivity contribution in [1.29, 1.82) is 0 Å². The van der Waals surface area contributed by atoms with Gasteiger partial charge in [0, 0.05) is 0 Å². The number of hydrogen-bond acceptors (Lipinski definition) is 3. The molecule has 1 aliphatic heterocycles. The van der Waals surface area contributed by atoms with Crippen molar-refractivity contribution in [3.63, 3.8) is 0 Å². The van der Waals surface area contributed by atoms with Crippen molar-refractivity contribution in [1.82, 2.24) is 5.32 Å². The lowest BCUT2D eigenvalue weighted by molar-refractivity contribution is -0.150. The molecular weight excluding hydrogens is 190 g/mol. The van der Waals surface area contributed by atoms with Crippen LogP contribution < -0.4 is 5.32 Å². The number of ether oxygens (including phenoxy) is 1. The summed E-state index contributed by atoms with van der Waals surface area (Å²) < 4.78 is 5.32. The maximum absolute atomic E-state index is 11.6. The first-order chi connectivity index (χ1) is 7.36. The van der Waals surface area contributed by atoms with E-state index in [4.69, 9.17) is 4.74 Å². The fourth-order valence-electron chi connectivity index (χ4n) is 2.28. The molecule has 3 nitrogen and oxygen atoms in total. The van der Waals surface area contributed by atoms with Crippen LogP contribution in [0.25, 0.3) is 0 Å². The van der Waals surface area contributed by atoms with Gasteiger partial charge in [0.25, 0.3) is 0 Å². The molecule has 86 valence electrons. The highest BCUT2D eigenvalue weighted by Gasteiger charge is 2.23. The largest absolute Gasteiger partial charge is 0.465 e. The first-order valence-electron chi connectivity index (χ1n) is 6.23. The number of carbonyl (C=O) groups excluding carboxylic acids is 1. The van der Waals surface area contributed by atoms with Crippen LogP contribution in [0.5, 0.6) is 0 Å². The van der Waals surface area contributed by atoms with Crippen molar-refractivity contribution in [2.75, 3.05) is 19.7 Å². The van der Waals surface area contributed by atoms with E-state index in [1.54, 1.807) is 0 Å². The summed E-state index contributed by atoms with van der Waals surface area (Å²) in [5.41, 5.74) is 0. The highest BCUT2D eigenvalue weighted by atomic mass is 16.5. The van der Waals surface area contributed by atoms with Gasteiger partial charge in [0.1, 0.15) is 0 Å². The van der Waals surface area contributed by atoms with Gasteiger partial charge in [-0.3, -0.25) is 4.79 Å².